The van der Waals surface area contributed by atoms with Gasteiger partial charge in [-0.1, -0.05) is 24.6 Å². The van der Waals surface area contributed by atoms with Crippen LogP contribution >= 0.6 is 0 Å². The SMILES string of the molecule is CCNC(C)(CO)CCCCN(C)c1ccc(C)cc1. The number of nitrogens with one attached hydrogen (secondary N) is 1. The molecule has 0 saturated heterocycles. The van der Waals surface area contributed by atoms with Crippen molar-refractivity contribution in [1.29, 1.82) is 0 Å². The normalized spacial score (nSPS) is 14.1. The number of anilines is 1. The average molecular weight is 278 g/mol. The van der Waals surface area contributed by atoms with Gasteiger partial charge in [-0.15, -0.1) is 0 Å². The number of aryl methyl sites for hydroxylation is 1. The van der Waals surface area contributed by atoms with E-state index >= 15 is 0 Å². The van der Waals surface area contributed by atoms with Crippen LogP contribution in [0.15, 0.2) is 24.3 Å². The van der Waals surface area contributed by atoms with Gasteiger partial charge in [0, 0.05) is 24.8 Å². The Balaban J connectivity index is 2.31. The Morgan fingerprint density at radius 1 is 1.20 bits per heavy atom. The fourth-order valence-corrected chi connectivity index (χ4v) is 2.44. The van der Waals surface area contributed by atoms with Crippen molar-refractivity contribution in [1.82, 2.24) is 5.32 Å². The van der Waals surface area contributed by atoms with Gasteiger partial charge in [0.2, 0.25) is 0 Å². The molecule has 1 atom stereocenters. The first-order valence-corrected chi connectivity index (χ1v) is 7.64. The van der Waals surface area contributed by atoms with Crippen LogP contribution in [0.25, 0.3) is 0 Å². The maximum Gasteiger partial charge on any atom is 0.0610 e. The molecule has 20 heavy (non-hydrogen) atoms. The molecule has 0 fully saturated rings. The highest BCUT2D eigenvalue weighted by Gasteiger charge is 2.20. The molecule has 1 aromatic carbocycles. The third-order valence-electron chi connectivity index (χ3n) is 3.90. The van der Waals surface area contributed by atoms with E-state index in [0.717, 1.165) is 32.4 Å². The van der Waals surface area contributed by atoms with Crippen LogP contribution in [0.5, 0.6) is 0 Å². The molecule has 0 amide bonds. The summed E-state index contributed by atoms with van der Waals surface area (Å²) in [6.07, 6.45) is 3.28. The fourth-order valence-electron chi connectivity index (χ4n) is 2.44. The number of unbranched alkanes of at least 4 members (excludes halogenated alkanes) is 1. The first kappa shape index (κ1) is 17.0. The lowest BCUT2D eigenvalue weighted by Gasteiger charge is -2.29. The number of aliphatic hydroxyl groups excluding tert-OH is 1. The van der Waals surface area contributed by atoms with E-state index in [1.54, 1.807) is 0 Å². The molecule has 0 aromatic heterocycles. The smallest absolute Gasteiger partial charge is 0.0610 e. The van der Waals surface area contributed by atoms with E-state index in [9.17, 15) is 5.11 Å². The molecule has 0 radical (unpaired) electrons. The highest BCUT2D eigenvalue weighted by molar-refractivity contribution is 5.46. The van der Waals surface area contributed by atoms with Crippen molar-refractivity contribution in [2.24, 2.45) is 0 Å². The van der Waals surface area contributed by atoms with Crippen molar-refractivity contribution < 1.29 is 5.11 Å². The summed E-state index contributed by atoms with van der Waals surface area (Å²) in [7, 11) is 2.14. The molecule has 3 nitrogen and oxygen atoms in total. The third-order valence-corrected chi connectivity index (χ3v) is 3.90. The van der Waals surface area contributed by atoms with Crippen LogP contribution in [0.4, 0.5) is 5.69 Å². The minimum atomic E-state index is -0.128. The second-order valence-electron chi connectivity index (χ2n) is 5.96. The van der Waals surface area contributed by atoms with Crippen molar-refractivity contribution in [3.63, 3.8) is 0 Å². The zero-order valence-corrected chi connectivity index (χ0v) is 13.4. The summed E-state index contributed by atoms with van der Waals surface area (Å²) >= 11 is 0. The van der Waals surface area contributed by atoms with Crippen molar-refractivity contribution in [3.8, 4) is 0 Å². The van der Waals surface area contributed by atoms with E-state index in [1.807, 2.05) is 0 Å². The maximum atomic E-state index is 9.46. The highest BCUT2D eigenvalue weighted by Crippen LogP contribution is 2.16. The monoisotopic (exact) mass is 278 g/mol. The number of rotatable bonds is 9. The number of aliphatic hydroxyl groups is 1. The highest BCUT2D eigenvalue weighted by atomic mass is 16.3. The first-order chi connectivity index (χ1) is 9.50. The van der Waals surface area contributed by atoms with Crippen LogP contribution in [-0.2, 0) is 0 Å². The van der Waals surface area contributed by atoms with Crippen LogP contribution in [0.3, 0.4) is 0 Å². The predicted octanol–water partition coefficient (Wildman–Crippen LogP) is 2.96. The first-order valence-electron chi connectivity index (χ1n) is 7.64. The Labute approximate surface area is 124 Å². The zero-order chi connectivity index (χ0) is 15.0. The number of likely N-dealkylation sites (N-methyl/N-ethyl adjacent to an activating group) is 1. The minimum Gasteiger partial charge on any atom is -0.394 e. The van der Waals surface area contributed by atoms with Gasteiger partial charge in [-0.3, -0.25) is 0 Å². The largest absolute Gasteiger partial charge is 0.394 e. The van der Waals surface area contributed by atoms with Crippen LogP contribution in [0.1, 0.15) is 38.7 Å². The third kappa shape index (κ3) is 5.51. The molecule has 0 aliphatic carbocycles. The summed E-state index contributed by atoms with van der Waals surface area (Å²) in [5.41, 5.74) is 2.44. The molecule has 0 aliphatic rings. The van der Waals surface area contributed by atoms with Gasteiger partial charge in [-0.25, -0.2) is 0 Å². The van der Waals surface area contributed by atoms with Crippen molar-refractivity contribution in [2.75, 3.05) is 31.6 Å². The van der Waals surface area contributed by atoms with Gasteiger partial charge in [0.25, 0.3) is 0 Å². The second-order valence-corrected chi connectivity index (χ2v) is 5.96. The molecule has 1 aromatic rings. The fraction of sp³-hybridized carbons (Fsp3) is 0.647. The Kier molecular flexibility index (Phi) is 7.03. The average Bonchev–Trinajstić information content (AvgIpc) is 2.44. The summed E-state index contributed by atoms with van der Waals surface area (Å²) in [5, 5.41) is 12.8. The molecule has 0 bridgehead atoms. The Hall–Kier alpha value is -1.06. The van der Waals surface area contributed by atoms with Gasteiger partial charge < -0.3 is 15.3 Å². The van der Waals surface area contributed by atoms with E-state index in [-0.39, 0.29) is 12.1 Å². The van der Waals surface area contributed by atoms with E-state index in [0.29, 0.717) is 0 Å². The van der Waals surface area contributed by atoms with Crippen molar-refractivity contribution in [2.45, 2.75) is 45.6 Å². The van der Waals surface area contributed by atoms with Gasteiger partial charge >= 0.3 is 0 Å². The van der Waals surface area contributed by atoms with Gasteiger partial charge in [-0.2, -0.15) is 0 Å². The summed E-state index contributed by atoms with van der Waals surface area (Å²) in [6.45, 7) is 8.45. The molecule has 0 saturated carbocycles. The lowest BCUT2D eigenvalue weighted by molar-refractivity contribution is 0.165. The van der Waals surface area contributed by atoms with Gasteiger partial charge in [0.1, 0.15) is 0 Å². The quantitative estimate of drug-likeness (QED) is 0.682. The number of benzene rings is 1. The molecule has 0 spiro atoms. The minimum absolute atomic E-state index is 0.128. The summed E-state index contributed by atoms with van der Waals surface area (Å²) in [4.78, 5) is 2.29. The van der Waals surface area contributed by atoms with Gasteiger partial charge in [0.15, 0.2) is 0 Å². The van der Waals surface area contributed by atoms with E-state index in [4.69, 9.17) is 0 Å². The van der Waals surface area contributed by atoms with Crippen LogP contribution in [-0.4, -0.2) is 37.4 Å². The molecule has 2 N–H and O–H groups in total. The molecular weight excluding hydrogens is 248 g/mol. The topological polar surface area (TPSA) is 35.5 Å². The molecule has 114 valence electrons. The van der Waals surface area contributed by atoms with Crippen molar-refractivity contribution in [3.05, 3.63) is 29.8 Å². The summed E-state index contributed by atoms with van der Waals surface area (Å²) < 4.78 is 0. The standard InChI is InChI=1S/C17H30N2O/c1-5-18-17(3,14-20)12-6-7-13-19(4)16-10-8-15(2)9-11-16/h8-11,18,20H,5-7,12-14H2,1-4H3. The zero-order valence-electron chi connectivity index (χ0n) is 13.4. The predicted molar refractivity (Wildman–Crippen MR) is 87.5 cm³/mol. The van der Waals surface area contributed by atoms with Crippen molar-refractivity contribution >= 4 is 5.69 Å². The number of hydrogen-bond donors (Lipinski definition) is 2. The van der Waals surface area contributed by atoms with Crippen LogP contribution in [0, 0.1) is 6.92 Å². The molecule has 0 aliphatic heterocycles. The lowest BCUT2D eigenvalue weighted by atomic mass is 9.95. The number of nitrogens with zero attached hydrogens (tertiary/aromatic N) is 1. The van der Waals surface area contributed by atoms with E-state index < -0.39 is 0 Å². The molecule has 1 rings (SSSR count). The Bertz CT molecular complexity index is 377. The second kappa shape index (κ2) is 8.28. The Morgan fingerprint density at radius 3 is 2.40 bits per heavy atom. The van der Waals surface area contributed by atoms with Crippen LogP contribution < -0.4 is 10.2 Å². The molecule has 1 unspecified atom stereocenters. The van der Waals surface area contributed by atoms with Gasteiger partial charge in [-0.05, 0) is 51.8 Å². The lowest BCUT2D eigenvalue weighted by Crippen LogP contribution is -2.45. The number of hydrogen-bond acceptors (Lipinski definition) is 3. The molecule has 0 heterocycles. The van der Waals surface area contributed by atoms with E-state index in [2.05, 4.69) is 62.3 Å². The molecular formula is C17H30N2O. The Morgan fingerprint density at radius 2 is 1.85 bits per heavy atom. The van der Waals surface area contributed by atoms with E-state index in [1.165, 1.54) is 11.3 Å². The summed E-state index contributed by atoms with van der Waals surface area (Å²) in [5.74, 6) is 0. The maximum absolute atomic E-state index is 9.46. The molecule has 3 heteroatoms. The van der Waals surface area contributed by atoms with Crippen LogP contribution in [0.2, 0.25) is 0 Å². The van der Waals surface area contributed by atoms with Gasteiger partial charge in [0.05, 0.1) is 6.61 Å². The summed E-state index contributed by atoms with van der Waals surface area (Å²) in [6, 6.07) is 8.65.